The molecule has 0 fully saturated rings. The molecule has 0 saturated carbocycles. The van der Waals surface area contributed by atoms with E-state index in [9.17, 15) is 4.79 Å². The standard InChI is InChI=1S/C13H16N4O/c1-17-9-8-15-12(17)13(18)16-7-3-5-11-4-2-6-14-10-11/h2,4,6,8-10H,3,5,7H2,1H3,(H,16,18). The molecule has 1 amide bonds. The van der Waals surface area contributed by atoms with Gasteiger partial charge >= 0.3 is 0 Å². The largest absolute Gasteiger partial charge is 0.349 e. The lowest BCUT2D eigenvalue weighted by molar-refractivity contribution is 0.0940. The highest BCUT2D eigenvalue weighted by Crippen LogP contribution is 2.00. The number of aryl methyl sites for hydroxylation is 2. The van der Waals surface area contributed by atoms with E-state index in [1.807, 2.05) is 18.3 Å². The quantitative estimate of drug-likeness (QED) is 0.803. The van der Waals surface area contributed by atoms with Crippen LogP contribution >= 0.6 is 0 Å². The number of carbonyl (C=O) groups excluding carboxylic acids is 1. The van der Waals surface area contributed by atoms with E-state index >= 15 is 0 Å². The molecule has 2 aromatic heterocycles. The van der Waals surface area contributed by atoms with Gasteiger partial charge in [-0.25, -0.2) is 4.98 Å². The van der Waals surface area contributed by atoms with E-state index in [1.165, 1.54) is 5.56 Å². The summed E-state index contributed by atoms with van der Waals surface area (Å²) in [4.78, 5) is 19.8. The molecule has 0 spiro atoms. The number of nitrogens with one attached hydrogen (secondary N) is 1. The fraction of sp³-hybridized carbons (Fsp3) is 0.308. The first-order valence-corrected chi connectivity index (χ1v) is 5.92. The second-order valence-corrected chi connectivity index (χ2v) is 4.08. The van der Waals surface area contributed by atoms with Crippen molar-refractivity contribution in [3.63, 3.8) is 0 Å². The van der Waals surface area contributed by atoms with Crippen LogP contribution in [0, 0.1) is 0 Å². The Bertz CT molecular complexity index is 507. The van der Waals surface area contributed by atoms with Crippen molar-refractivity contribution in [2.45, 2.75) is 12.8 Å². The molecule has 0 aromatic carbocycles. The first-order valence-electron chi connectivity index (χ1n) is 5.92. The molecule has 0 saturated heterocycles. The van der Waals surface area contributed by atoms with Crippen molar-refractivity contribution in [3.05, 3.63) is 48.3 Å². The first kappa shape index (κ1) is 12.3. The SMILES string of the molecule is Cn1ccnc1C(=O)NCCCc1cccnc1. The van der Waals surface area contributed by atoms with E-state index in [0.717, 1.165) is 12.8 Å². The zero-order valence-electron chi connectivity index (χ0n) is 10.3. The van der Waals surface area contributed by atoms with Crippen LogP contribution < -0.4 is 5.32 Å². The van der Waals surface area contributed by atoms with Crippen LogP contribution in [-0.2, 0) is 13.5 Å². The molecule has 5 heteroatoms. The van der Waals surface area contributed by atoms with Crippen LogP contribution in [0.3, 0.4) is 0 Å². The minimum atomic E-state index is -0.131. The van der Waals surface area contributed by atoms with E-state index in [2.05, 4.69) is 15.3 Å². The van der Waals surface area contributed by atoms with Gasteiger partial charge in [0.15, 0.2) is 5.82 Å². The molecule has 2 aromatic rings. The Morgan fingerprint density at radius 3 is 3.00 bits per heavy atom. The highest BCUT2D eigenvalue weighted by Gasteiger charge is 2.09. The minimum Gasteiger partial charge on any atom is -0.349 e. The molecule has 94 valence electrons. The highest BCUT2D eigenvalue weighted by atomic mass is 16.2. The molecular formula is C13H16N4O. The Hall–Kier alpha value is -2.17. The molecule has 0 aliphatic carbocycles. The van der Waals surface area contributed by atoms with Crippen LogP contribution in [0.15, 0.2) is 36.9 Å². The smallest absolute Gasteiger partial charge is 0.287 e. The van der Waals surface area contributed by atoms with E-state index in [0.29, 0.717) is 12.4 Å². The average Bonchev–Trinajstić information content (AvgIpc) is 2.82. The normalized spacial score (nSPS) is 10.3. The predicted octanol–water partition coefficient (Wildman–Crippen LogP) is 1.18. The zero-order valence-corrected chi connectivity index (χ0v) is 10.3. The summed E-state index contributed by atoms with van der Waals surface area (Å²) in [6, 6.07) is 3.95. The van der Waals surface area contributed by atoms with Gasteiger partial charge in [0.25, 0.3) is 5.91 Å². The van der Waals surface area contributed by atoms with E-state index < -0.39 is 0 Å². The van der Waals surface area contributed by atoms with Gasteiger partial charge in [0.2, 0.25) is 0 Å². The summed E-state index contributed by atoms with van der Waals surface area (Å²) in [5.41, 5.74) is 1.18. The number of aromatic nitrogens is 3. The summed E-state index contributed by atoms with van der Waals surface area (Å²) in [6.07, 6.45) is 8.78. The topological polar surface area (TPSA) is 59.8 Å². The van der Waals surface area contributed by atoms with Crippen molar-refractivity contribution in [2.24, 2.45) is 7.05 Å². The van der Waals surface area contributed by atoms with Crippen molar-refractivity contribution >= 4 is 5.91 Å². The summed E-state index contributed by atoms with van der Waals surface area (Å²) in [6.45, 7) is 0.639. The second kappa shape index (κ2) is 5.95. The summed E-state index contributed by atoms with van der Waals surface area (Å²) in [5.74, 6) is 0.310. The monoisotopic (exact) mass is 244 g/mol. The average molecular weight is 244 g/mol. The second-order valence-electron chi connectivity index (χ2n) is 4.08. The van der Waals surface area contributed by atoms with Gasteiger partial charge < -0.3 is 9.88 Å². The third kappa shape index (κ3) is 3.16. The van der Waals surface area contributed by atoms with Crippen LogP contribution in [0.5, 0.6) is 0 Å². The van der Waals surface area contributed by atoms with Crippen molar-refractivity contribution < 1.29 is 4.79 Å². The minimum absolute atomic E-state index is 0.131. The van der Waals surface area contributed by atoms with Crippen molar-refractivity contribution in [1.82, 2.24) is 19.9 Å². The molecule has 0 unspecified atom stereocenters. The van der Waals surface area contributed by atoms with Crippen LogP contribution in [0.25, 0.3) is 0 Å². The molecule has 18 heavy (non-hydrogen) atoms. The molecule has 0 radical (unpaired) electrons. The van der Waals surface area contributed by atoms with Gasteiger partial charge in [0.1, 0.15) is 0 Å². The maximum atomic E-state index is 11.7. The molecular weight excluding hydrogens is 228 g/mol. The van der Waals surface area contributed by atoms with Crippen molar-refractivity contribution in [3.8, 4) is 0 Å². The van der Waals surface area contributed by atoms with Gasteiger partial charge in [-0.05, 0) is 24.5 Å². The Balaban J connectivity index is 1.73. The molecule has 2 heterocycles. The maximum Gasteiger partial charge on any atom is 0.287 e. The number of hydrogen-bond acceptors (Lipinski definition) is 3. The van der Waals surface area contributed by atoms with Gasteiger partial charge in [-0.15, -0.1) is 0 Å². The Kier molecular flexibility index (Phi) is 4.06. The number of pyridine rings is 1. The van der Waals surface area contributed by atoms with E-state index in [-0.39, 0.29) is 5.91 Å². The summed E-state index contributed by atoms with van der Waals surface area (Å²) in [7, 11) is 1.80. The Morgan fingerprint density at radius 1 is 1.44 bits per heavy atom. The van der Waals surface area contributed by atoms with E-state index in [4.69, 9.17) is 0 Å². The third-order valence-electron chi connectivity index (χ3n) is 2.67. The number of carbonyl (C=O) groups is 1. The number of nitrogens with zero attached hydrogens (tertiary/aromatic N) is 3. The number of rotatable bonds is 5. The molecule has 1 N–H and O–H groups in total. The highest BCUT2D eigenvalue weighted by molar-refractivity contribution is 5.90. The number of amides is 1. The first-order chi connectivity index (χ1) is 8.77. The molecule has 0 aliphatic heterocycles. The summed E-state index contributed by atoms with van der Waals surface area (Å²) in [5, 5.41) is 2.85. The molecule has 0 aliphatic rings. The summed E-state index contributed by atoms with van der Waals surface area (Å²) < 4.78 is 1.70. The Morgan fingerprint density at radius 2 is 2.33 bits per heavy atom. The van der Waals surface area contributed by atoms with Crippen molar-refractivity contribution in [1.29, 1.82) is 0 Å². The fourth-order valence-corrected chi connectivity index (χ4v) is 1.70. The van der Waals surface area contributed by atoms with Gasteiger partial charge in [-0.1, -0.05) is 6.07 Å². The molecule has 5 nitrogen and oxygen atoms in total. The molecule has 0 atom stereocenters. The third-order valence-corrected chi connectivity index (χ3v) is 2.67. The van der Waals surface area contributed by atoms with Crippen molar-refractivity contribution in [2.75, 3.05) is 6.54 Å². The van der Waals surface area contributed by atoms with E-state index in [1.54, 1.807) is 30.2 Å². The lowest BCUT2D eigenvalue weighted by atomic mass is 10.1. The van der Waals surface area contributed by atoms with Crippen LogP contribution in [0.1, 0.15) is 22.6 Å². The number of imidazole rings is 1. The number of hydrogen-bond donors (Lipinski definition) is 1. The van der Waals surface area contributed by atoms with Gasteiger partial charge in [0.05, 0.1) is 0 Å². The van der Waals surface area contributed by atoms with Crippen LogP contribution in [0.2, 0.25) is 0 Å². The lowest BCUT2D eigenvalue weighted by Crippen LogP contribution is -2.27. The van der Waals surface area contributed by atoms with Gasteiger partial charge in [-0.2, -0.15) is 0 Å². The molecule has 0 bridgehead atoms. The van der Waals surface area contributed by atoms with Crippen LogP contribution in [0.4, 0.5) is 0 Å². The zero-order chi connectivity index (χ0) is 12.8. The van der Waals surface area contributed by atoms with Gasteiger partial charge in [0, 0.05) is 38.4 Å². The van der Waals surface area contributed by atoms with Gasteiger partial charge in [-0.3, -0.25) is 9.78 Å². The predicted molar refractivity (Wildman–Crippen MR) is 68.1 cm³/mol. The lowest BCUT2D eigenvalue weighted by Gasteiger charge is -2.05. The fourth-order valence-electron chi connectivity index (χ4n) is 1.70. The van der Waals surface area contributed by atoms with Crippen LogP contribution in [-0.4, -0.2) is 27.0 Å². The molecule has 2 rings (SSSR count). The summed E-state index contributed by atoms with van der Waals surface area (Å²) >= 11 is 0. The maximum absolute atomic E-state index is 11.7. The Labute approximate surface area is 106 Å².